The first kappa shape index (κ1) is 20.4. The highest BCUT2D eigenvalue weighted by atomic mass is 32.2. The average molecular weight is 433 g/mol. The van der Waals surface area contributed by atoms with Gasteiger partial charge in [-0.25, -0.2) is 22.2 Å². The fourth-order valence-corrected chi connectivity index (χ4v) is 5.12. The summed E-state index contributed by atoms with van der Waals surface area (Å²) in [5.41, 5.74) is -0.327. The Kier molecular flexibility index (Phi) is 5.53. The maximum absolute atomic E-state index is 13.3. The largest absolute Gasteiger partial charge is 0.416 e. The molecular formula is C18H12F5NO2S2. The Morgan fingerprint density at radius 2 is 1.71 bits per heavy atom. The molecule has 0 aliphatic heterocycles. The van der Waals surface area contributed by atoms with Gasteiger partial charge in [0, 0.05) is 10.9 Å². The maximum atomic E-state index is 13.3. The Balaban J connectivity index is 1.76. The standard InChI is InChI=1S/C18H12F5NO2S2/c19-14-5-4-12(7-15(14)20)16-8-27-17(24-16)10-28(25,26)9-11-2-1-3-13(6-11)18(21,22)23/h1-8H,9-10H2. The van der Waals surface area contributed by atoms with Crippen LogP contribution in [0.4, 0.5) is 22.0 Å². The summed E-state index contributed by atoms with van der Waals surface area (Å²) in [7, 11) is -3.79. The summed E-state index contributed by atoms with van der Waals surface area (Å²) < 4.78 is 89.3. The summed E-state index contributed by atoms with van der Waals surface area (Å²) >= 11 is 1.01. The first-order chi connectivity index (χ1) is 13.0. The first-order valence-electron chi connectivity index (χ1n) is 7.80. The molecule has 1 heterocycles. The SMILES string of the molecule is O=S(=O)(Cc1cccc(C(F)(F)F)c1)Cc1nc(-c2ccc(F)c(F)c2)cs1. The molecule has 0 atom stereocenters. The van der Waals surface area contributed by atoms with Gasteiger partial charge in [-0.2, -0.15) is 13.2 Å². The van der Waals surface area contributed by atoms with E-state index in [1.54, 1.807) is 0 Å². The molecule has 0 unspecified atom stereocenters. The quantitative estimate of drug-likeness (QED) is 0.518. The van der Waals surface area contributed by atoms with Gasteiger partial charge in [0.15, 0.2) is 21.5 Å². The predicted molar refractivity (Wildman–Crippen MR) is 95.2 cm³/mol. The van der Waals surface area contributed by atoms with E-state index in [2.05, 4.69) is 4.98 Å². The van der Waals surface area contributed by atoms with Crippen LogP contribution in [-0.2, 0) is 27.5 Å². The molecule has 3 nitrogen and oxygen atoms in total. The number of benzene rings is 2. The molecule has 3 aromatic rings. The normalized spacial score (nSPS) is 12.3. The predicted octanol–water partition coefficient (Wildman–Crippen LogP) is 5.22. The molecule has 0 saturated heterocycles. The van der Waals surface area contributed by atoms with Crippen LogP contribution in [0.2, 0.25) is 0 Å². The fourth-order valence-electron chi connectivity index (χ4n) is 2.50. The zero-order chi connectivity index (χ0) is 20.5. The van der Waals surface area contributed by atoms with Crippen molar-refractivity contribution in [1.29, 1.82) is 0 Å². The minimum absolute atomic E-state index is 0.0206. The van der Waals surface area contributed by atoms with Crippen LogP contribution in [0.25, 0.3) is 11.3 Å². The lowest BCUT2D eigenvalue weighted by molar-refractivity contribution is -0.137. The monoisotopic (exact) mass is 433 g/mol. The van der Waals surface area contributed by atoms with E-state index >= 15 is 0 Å². The molecule has 10 heteroatoms. The van der Waals surface area contributed by atoms with Crippen molar-refractivity contribution >= 4 is 21.2 Å². The second kappa shape index (κ2) is 7.59. The molecule has 0 N–H and O–H groups in total. The van der Waals surface area contributed by atoms with Crippen LogP contribution < -0.4 is 0 Å². The van der Waals surface area contributed by atoms with E-state index in [4.69, 9.17) is 0 Å². The number of alkyl halides is 3. The number of halogens is 5. The fraction of sp³-hybridized carbons (Fsp3) is 0.167. The molecule has 0 aliphatic carbocycles. The molecule has 0 spiro atoms. The molecular weight excluding hydrogens is 421 g/mol. The van der Waals surface area contributed by atoms with E-state index in [9.17, 15) is 30.4 Å². The summed E-state index contributed by atoms with van der Waals surface area (Å²) in [6.45, 7) is 0. The van der Waals surface area contributed by atoms with Crippen molar-refractivity contribution in [1.82, 2.24) is 4.98 Å². The van der Waals surface area contributed by atoms with Crippen molar-refractivity contribution in [3.8, 4) is 11.3 Å². The van der Waals surface area contributed by atoms with Gasteiger partial charge in [0.2, 0.25) is 0 Å². The van der Waals surface area contributed by atoms with Crippen molar-refractivity contribution < 1.29 is 30.4 Å². The zero-order valence-corrected chi connectivity index (χ0v) is 15.6. The number of sulfone groups is 1. The van der Waals surface area contributed by atoms with Crippen molar-refractivity contribution in [3.05, 3.63) is 75.6 Å². The van der Waals surface area contributed by atoms with Gasteiger partial charge in [-0.1, -0.05) is 18.2 Å². The molecule has 0 amide bonds. The first-order valence-corrected chi connectivity index (χ1v) is 10.5. The van der Waals surface area contributed by atoms with Crippen LogP contribution in [0.5, 0.6) is 0 Å². The summed E-state index contributed by atoms with van der Waals surface area (Å²) in [6, 6.07) is 7.32. The van der Waals surface area contributed by atoms with Crippen molar-refractivity contribution in [2.75, 3.05) is 0 Å². The molecule has 148 valence electrons. The highest BCUT2D eigenvalue weighted by molar-refractivity contribution is 7.89. The lowest BCUT2D eigenvalue weighted by Crippen LogP contribution is -2.10. The Labute approximate surface area is 161 Å². The van der Waals surface area contributed by atoms with E-state index in [0.717, 1.165) is 41.7 Å². The molecule has 1 aromatic heterocycles. The summed E-state index contributed by atoms with van der Waals surface area (Å²) in [6.07, 6.45) is -4.56. The van der Waals surface area contributed by atoms with Crippen LogP contribution in [0.15, 0.2) is 47.8 Å². The van der Waals surface area contributed by atoms with Crippen LogP contribution in [0.3, 0.4) is 0 Å². The summed E-state index contributed by atoms with van der Waals surface area (Å²) in [5.74, 6) is -3.11. The topological polar surface area (TPSA) is 47.0 Å². The lowest BCUT2D eigenvalue weighted by atomic mass is 10.1. The summed E-state index contributed by atoms with van der Waals surface area (Å²) in [5, 5.41) is 1.70. The van der Waals surface area contributed by atoms with E-state index < -0.39 is 44.7 Å². The van der Waals surface area contributed by atoms with E-state index in [0.29, 0.717) is 0 Å². The average Bonchev–Trinajstić information content (AvgIpc) is 3.04. The number of nitrogens with zero attached hydrogens (tertiary/aromatic N) is 1. The lowest BCUT2D eigenvalue weighted by Gasteiger charge is -2.09. The minimum atomic E-state index is -4.56. The highest BCUT2D eigenvalue weighted by Crippen LogP contribution is 2.30. The van der Waals surface area contributed by atoms with Crippen molar-refractivity contribution in [2.45, 2.75) is 17.7 Å². The molecule has 0 bridgehead atoms. The van der Waals surface area contributed by atoms with Gasteiger partial charge in [0.1, 0.15) is 10.8 Å². The Hall–Kier alpha value is -2.33. The van der Waals surface area contributed by atoms with Gasteiger partial charge < -0.3 is 0 Å². The van der Waals surface area contributed by atoms with Crippen molar-refractivity contribution in [3.63, 3.8) is 0 Å². The number of thiazole rings is 1. The molecule has 28 heavy (non-hydrogen) atoms. The summed E-state index contributed by atoms with van der Waals surface area (Å²) in [4.78, 5) is 4.11. The van der Waals surface area contributed by atoms with Crippen LogP contribution in [0.1, 0.15) is 16.1 Å². The van der Waals surface area contributed by atoms with Gasteiger partial charge in [-0.05, 0) is 29.8 Å². The smallest absolute Gasteiger partial charge is 0.240 e. The van der Waals surface area contributed by atoms with E-state index in [-0.39, 0.29) is 21.8 Å². The third-order valence-electron chi connectivity index (χ3n) is 3.75. The molecule has 0 aliphatic rings. The van der Waals surface area contributed by atoms with Crippen LogP contribution in [-0.4, -0.2) is 13.4 Å². The highest BCUT2D eigenvalue weighted by Gasteiger charge is 2.30. The van der Waals surface area contributed by atoms with E-state index in [1.165, 1.54) is 17.5 Å². The Morgan fingerprint density at radius 3 is 2.39 bits per heavy atom. The third kappa shape index (κ3) is 4.93. The molecule has 3 rings (SSSR count). The van der Waals surface area contributed by atoms with E-state index in [1.807, 2.05) is 0 Å². The second-order valence-electron chi connectivity index (χ2n) is 5.99. The molecule has 2 aromatic carbocycles. The second-order valence-corrected chi connectivity index (χ2v) is 8.99. The Morgan fingerprint density at radius 1 is 0.964 bits per heavy atom. The van der Waals surface area contributed by atoms with Crippen LogP contribution >= 0.6 is 11.3 Å². The molecule has 0 fully saturated rings. The Bertz CT molecular complexity index is 1110. The number of hydrogen-bond acceptors (Lipinski definition) is 4. The number of aromatic nitrogens is 1. The van der Waals surface area contributed by atoms with Gasteiger partial charge in [-0.15, -0.1) is 11.3 Å². The van der Waals surface area contributed by atoms with Gasteiger partial charge in [-0.3, -0.25) is 0 Å². The number of hydrogen-bond donors (Lipinski definition) is 0. The maximum Gasteiger partial charge on any atom is 0.416 e. The van der Waals surface area contributed by atoms with Crippen LogP contribution in [0, 0.1) is 11.6 Å². The van der Waals surface area contributed by atoms with Crippen molar-refractivity contribution in [2.24, 2.45) is 0 Å². The third-order valence-corrected chi connectivity index (χ3v) is 6.27. The zero-order valence-electron chi connectivity index (χ0n) is 14.0. The van der Waals surface area contributed by atoms with Gasteiger partial charge in [0.25, 0.3) is 0 Å². The minimum Gasteiger partial charge on any atom is -0.240 e. The number of rotatable bonds is 5. The molecule has 0 radical (unpaired) electrons. The van der Waals surface area contributed by atoms with Gasteiger partial charge >= 0.3 is 6.18 Å². The van der Waals surface area contributed by atoms with Gasteiger partial charge in [0.05, 0.1) is 17.0 Å². The molecule has 0 saturated carbocycles.